The summed E-state index contributed by atoms with van der Waals surface area (Å²) in [6, 6.07) is 2.59. The van der Waals surface area contributed by atoms with Crippen LogP contribution in [0.1, 0.15) is 44.8 Å². The summed E-state index contributed by atoms with van der Waals surface area (Å²) < 4.78 is 62.8. The molecule has 0 bridgehead atoms. The molecule has 2 rings (SSSR count). The first-order chi connectivity index (χ1) is 9.85. The lowest BCUT2D eigenvalue weighted by Crippen LogP contribution is -2.41. The van der Waals surface area contributed by atoms with Crippen molar-refractivity contribution >= 4 is 7.12 Å². The number of halogens is 4. The van der Waals surface area contributed by atoms with Crippen LogP contribution in [0.4, 0.5) is 17.6 Å². The Morgan fingerprint density at radius 2 is 1.59 bits per heavy atom. The number of hydrogen-bond acceptors (Lipinski definition) is 3. The highest BCUT2D eigenvalue weighted by atomic mass is 19.4. The Bertz CT molecular complexity index is 558. The van der Waals surface area contributed by atoms with Crippen LogP contribution < -0.4 is 5.73 Å². The molecule has 0 saturated carbocycles. The fourth-order valence-corrected chi connectivity index (χ4v) is 2.16. The predicted octanol–water partition coefficient (Wildman–Crippen LogP) is 3.48. The van der Waals surface area contributed by atoms with Gasteiger partial charge < -0.3 is 15.0 Å². The zero-order valence-corrected chi connectivity index (χ0v) is 12.8. The van der Waals surface area contributed by atoms with E-state index in [1.807, 2.05) is 27.7 Å². The van der Waals surface area contributed by atoms with Crippen LogP contribution in [0.2, 0.25) is 0 Å². The van der Waals surface area contributed by atoms with Gasteiger partial charge in [0, 0.05) is 0 Å². The largest absolute Gasteiger partial charge is 0.480 e. The van der Waals surface area contributed by atoms with Gasteiger partial charge in [0.25, 0.3) is 0 Å². The Labute approximate surface area is 126 Å². The maximum Gasteiger partial charge on any atom is 0.480 e. The molecule has 1 saturated heterocycles. The average Bonchev–Trinajstić information content (AvgIpc) is 2.55. The van der Waals surface area contributed by atoms with E-state index < -0.39 is 41.8 Å². The van der Waals surface area contributed by atoms with Gasteiger partial charge in [0.15, 0.2) is 0 Å². The molecule has 0 aliphatic carbocycles. The summed E-state index contributed by atoms with van der Waals surface area (Å²) in [7, 11) is -0.860. The summed E-state index contributed by atoms with van der Waals surface area (Å²) >= 11 is 0. The molecule has 1 aromatic rings. The molecule has 2 N–H and O–H groups in total. The second-order valence-corrected chi connectivity index (χ2v) is 6.39. The molecule has 0 spiro atoms. The summed E-state index contributed by atoms with van der Waals surface area (Å²) in [5.41, 5.74) is 3.58. The van der Waals surface area contributed by atoms with Crippen LogP contribution in [0.15, 0.2) is 18.2 Å². The fourth-order valence-electron chi connectivity index (χ4n) is 2.16. The van der Waals surface area contributed by atoms with E-state index in [0.717, 1.165) is 12.1 Å². The van der Waals surface area contributed by atoms with Gasteiger partial charge in [-0.3, -0.25) is 0 Å². The van der Waals surface area contributed by atoms with E-state index in [2.05, 4.69) is 0 Å². The maximum atomic E-state index is 13.6. The minimum Gasteiger partial charge on any atom is -0.402 e. The lowest BCUT2D eigenvalue weighted by molar-refractivity contribution is -0.140. The van der Waals surface area contributed by atoms with Crippen molar-refractivity contribution < 1.29 is 26.9 Å². The van der Waals surface area contributed by atoms with Crippen molar-refractivity contribution in [3.05, 3.63) is 35.1 Å². The molecular weight excluding hydrogens is 301 g/mol. The molecule has 0 unspecified atom stereocenters. The smallest absolute Gasteiger partial charge is 0.402 e. The quantitative estimate of drug-likeness (QED) is 0.670. The SMILES string of the molecule is CC1(C)OB([C@H](N)c2ccc(C(F)(F)F)c(F)c2)OC1(C)C. The summed E-state index contributed by atoms with van der Waals surface area (Å²) in [6.07, 6.45) is -4.74. The first-order valence-corrected chi connectivity index (χ1v) is 6.83. The number of alkyl halides is 3. The van der Waals surface area contributed by atoms with Crippen LogP contribution in [0.25, 0.3) is 0 Å². The first-order valence-electron chi connectivity index (χ1n) is 6.83. The summed E-state index contributed by atoms with van der Waals surface area (Å²) in [4.78, 5) is 0. The van der Waals surface area contributed by atoms with Crippen molar-refractivity contribution in [1.29, 1.82) is 0 Å². The van der Waals surface area contributed by atoms with Crippen molar-refractivity contribution in [1.82, 2.24) is 0 Å². The predicted molar refractivity (Wildman–Crippen MR) is 74.4 cm³/mol. The molecule has 0 amide bonds. The van der Waals surface area contributed by atoms with Crippen molar-refractivity contribution in [2.45, 2.75) is 51.0 Å². The Morgan fingerprint density at radius 3 is 2.00 bits per heavy atom. The molecule has 1 heterocycles. The van der Waals surface area contributed by atoms with Gasteiger partial charge in [-0.2, -0.15) is 13.2 Å². The second-order valence-electron chi connectivity index (χ2n) is 6.39. The van der Waals surface area contributed by atoms with Crippen LogP contribution in [-0.2, 0) is 15.5 Å². The van der Waals surface area contributed by atoms with Crippen molar-refractivity contribution in [2.24, 2.45) is 5.73 Å². The highest BCUT2D eigenvalue weighted by molar-refractivity contribution is 6.47. The van der Waals surface area contributed by atoms with E-state index in [1.165, 1.54) is 0 Å². The number of hydrogen-bond donors (Lipinski definition) is 1. The van der Waals surface area contributed by atoms with Crippen molar-refractivity contribution in [3.63, 3.8) is 0 Å². The van der Waals surface area contributed by atoms with E-state index in [-0.39, 0.29) is 5.56 Å². The van der Waals surface area contributed by atoms with Gasteiger partial charge >= 0.3 is 13.3 Å². The summed E-state index contributed by atoms with van der Waals surface area (Å²) in [5, 5.41) is 0. The van der Waals surface area contributed by atoms with Crippen molar-refractivity contribution in [2.75, 3.05) is 0 Å². The monoisotopic (exact) mass is 319 g/mol. The second kappa shape index (κ2) is 5.21. The topological polar surface area (TPSA) is 44.5 Å². The Kier molecular flexibility index (Phi) is 4.09. The summed E-state index contributed by atoms with van der Waals surface area (Å²) in [6.45, 7) is 7.31. The molecule has 22 heavy (non-hydrogen) atoms. The van der Waals surface area contributed by atoms with Gasteiger partial charge in [0.1, 0.15) is 5.82 Å². The van der Waals surface area contributed by atoms with Gasteiger partial charge in [-0.05, 0) is 45.4 Å². The lowest BCUT2D eigenvalue weighted by Gasteiger charge is -2.32. The molecule has 1 aliphatic heterocycles. The van der Waals surface area contributed by atoms with Gasteiger partial charge in [-0.25, -0.2) is 4.39 Å². The van der Waals surface area contributed by atoms with Crippen LogP contribution in [0, 0.1) is 5.82 Å². The summed E-state index contributed by atoms with van der Waals surface area (Å²) in [5.74, 6) is -2.25. The van der Waals surface area contributed by atoms with Crippen LogP contribution in [-0.4, -0.2) is 18.3 Å². The molecule has 1 aromatic carbocycles. The molecule has 0 aromatic heterocycles. The molecule has 122 valence electrons. The molecule has 0 radical (unpaired) electrons. The third-order valence-corrected chi connectivity index (χ3v) is 4.25. The van der Waals surface area contributed by atoms with Gasteiger partial charge in [-0.15, -0.1) is 0 Å². The minimum atomic E-state index is -4.74. The van der Waals surface area contributed by atoms with Crippen LogP contribution in [0.5, 0.6) is 0 Å². The standard InChI is InChI=1S/C14H18BF4NO2/c1-12(2)13(3,4)22-15(21-12)11(20)8-5-6-9(10(16)7-8)14(17,18)19/h5-7,11H,20H2,1-4H3/t11-/m1/s1. The zero-order chi connectivity index (χ0) is 16.9. The maximum absolute atomic E-state index is 13.6. The third kappa shape index (κ3) is 3.00. The Morgan fingerprint density at radius 1 is 1.09 bits per heavy atom. The van der Waals surface area contributed by atoms with Crippen LogP contribution >= 0.6 is 0 Å². The molecule has 3 nitrogen and oxygen atoms in total. The Balaban J connectivity index is 2.25. The van der Waals surface area contributed by atoms with E-state index >= 15 is 0 Å². The number of nitrogens with two attached hydrogens (primary N) is 1. The van der Waals surface area contributed by atoms with Gasteiger partial charge in [0.2, 0.25) is 0 Å². The normalized spacial score (nSPS) is 22.0. The van der Waals surface area contributed by atoms with Crippen LogP contribution in [0.3, 0.4) is 0 Å². The lowest BCUT2D eigenvalue weighted by atomic mass is 9.74. The fraction of sp³-hybridized carbons (Fsp3) is 0.571. The van der Waals surface area contributed by atoms with E-state index in [1.54, 1.807) is 0 Å². The van der Waals surface area contributed by atoms with E-state index in [4.69, 9.17) is 15.0 Å². The zero-order valence-electron chi connectivity index (χ0n) is 12.8. The molecule has 8 heteroatoms. The molecular formula is C14H18BF4NO2. The van der Waals surface area contributed by atoms with Gasteiger partial charge in [-0.1, -0.05) is 6.07 Å². The molecule has 1 fully saturated rings. The number of benzene rings is 1. The third-order valence-electron chi connectivity index (χ3n) is 4.25. The highest BCUT2D eigenvalue weighted by Crippen LogP contribution is 2.40. The van der Waals surface area contributed by atoms with Crippen molar-refractivity contribution in [3.8, 4) is 0 Å². The Hall–Kier alpha value is -1.12. The first kappa shape index (κ1) is 17.2. The minimum absolute atomic E-state index is 0.184. The highest BCUT2D eigenvalue weighted by Gasteiger charge is 2.53. The molecule has 1 atom stereocenters. The van der Waals surface area contributed by atoms with E-state index in [9.17, 15) is 17.6 Å². The average molecular weight is 319 g/mol. The number of rotatable bonds is 2. The van der Waals surface area contributed by atoms with Gasteiger partial charge in [0.05, 0.1) is 22.7 Å². The molecule has 1 aliphatic rings. The van der Waals surface area contributed by atoms with E-state index in [0.29, 0.717) is 6.07 Å².